The summed E-state index contributed by atoms with van der Waals surface area (Å²) >= 11 is 0. The van der Waals surface area contributed by atoms with Crippen molar-refractivity contribution in [3.63, 3.8) is 0 Å². The number of ether oxygens (including phenoxy) is 1. The number of rotatable bonds is 4. The van der Waals surface area contributed by atoms with E-state index in [0.717, 1.165) is 50.3 Å². The monoisotopic (exact) mass is 300 g/mol. The molecule has 118 valence electrons. The molecule has 2 aliphatic heterocycles. The molecule has 5 nitrogen and oxygen atoms in total. The smallest absolute Gasteiger partial charge is 0.159 e. The van der Waals surface area contributed by atoms with E-state index >= 15 is 0 Å². The molecular formula is C17H24N4O. The molecule has 22 heavy (non-hydrogen) atoms. The van der Waals surface area contributed by atoms with Gasteiger partial charge in [-0.2, -0.15) is 0 Å². The maximum absolute atomic E-state index is 5.54. The number of pyridine rings is 1. The summed E-state index contributed by atoms with van der Waals surface area (Å²) < 4.78 is 7.88. The van der Waals surface area contributed by atoms with E-state index in [1.165, 1.54) is 25.1 Å². The lowest BCUT2D eigenvalue weighted by molar-refractivity contribution is 0.182. The maximum atomic E-state index is 5.54. The summed E-state index contributed by atoms with van der Waals surface area (Å²) in [6.45, 7) is 3.88. The van der Waals surface area contributed by atoms with E-state index in [-0.39, 0.29) is 0 Å². The van der Waals surface area contributed by atoms with Crippen molar-refractivity contribution >= 4 is 11.2 Å². The largest absolute Gasteiger partial charge is 0.381 e. The van der Waals surface area contributed by atoms with E-state index < -0.39 is 0 Å². The second-order valence-electron chi connectivity index (χ2n) is 6.57. The van der Waals surface area contributed by atoms with E-state index in [1.807, 2.05) is 12.3 Å². The van der Waals surface area contributed by atoms with Gasteiger partial charge in [0.05, 0.1) is 6.61 Å². The van der Waals surface area contributed by atoms with Crippen LogP contribution in [0, 0.1) is 5.92 Å². The summed E-state index contributed by atoms with van der Waals surface area (Å²) in [6.07, 6.45) is 7.90. The van der Waals surface area contributed by atoms with Crippen molar-refractivity contribution in [2.45, 2.75) is 44.7 Å². The van der Waals surface area contributed by atoms with Gasteiger partial charge in [0.2, 0.25) is 0 Å². The van der Waals surface area contributed by atoms with Crippen LogP contribution in [0.2, 0.25) is 0 Å². The molecule has 4 heterocycles. The summed E-state index contributed by atoms with van der Waals surface area (Å²) in [4.78, 5) is 9.44. The van der Waals surface area contributed by atoms with Gasteiger partial charge in [0.1, 0.15) is 11.3 Å². The molecule has 2 saturated heterocycles. The van der Waals surface area contributed by atoms with Gasteiger partial charge in [-0.25, -0.2) is 9.97 Å². The Kier molecular flexibility index (Phi) is 4.08. The topological polar surface area (TPSA) is 52.0 Å². The Labute approximate surface area is 131 Å². The van der Waals surface area contributed by atoms with Gasteiger partial charge < -0.3 is 14.6 Å². The highest BCUT2D eigenvalue weighted by Gasteiger charge is 2.22. The number of piperidine rings is 1. The lowest BCUT2D eigenvalue weighted by Gasteiger charge is -2.23. The number of nitrogens with one attached hydrogen (secondary N) is 1. The van der Waals surface area contributed by atoms with Crippen molar-refractivity contribution in [3.8, 4) is 0 Å². The number of aromatic nitrogens is 3. The Balaban J connectivity index is 1.62. The van der Waals surface area contributed by atoms with Crippen LogP contribution in [0.1, 0.15) is 31.5 Å². The zero-order valence-corrected chi connectivity index (χ0v) is 13.0. The molecule has 0 bridgehead atoms. The molecule has 2 aromatic heterocycles. The second-order valence-corrected chi connectivity index (χ2v) is 6.57. The first-order valence-electron chi connectivity index (χ1n) is 8.51. The quantitative estimate of drug-likeness (QED) is 0.940. The molecule has 0 aliphatic carbocycles. The van der Waals surface area contributed by atoms with Crippen molar-refractivity contribution < 1.29 is 4.74 Å². The molecule has 0 amide bonds. The average Bonchev–Trinajstić information content (AvgIpc) is 3.18. The second kappa shape index (κ2) is 6.34. The van der Waals surface area contributed by atoms with Crippen molar-refractivity contribution in [1.82, 2.24) is 19.9 Å². The van der Waals surface area contributed by atoms with Gasteiger partial charge in [0.15, 0.2) is 5.65 Å². The highest BCUT2D eigenvalue weighted by atomic mass is 16.5. The molecule has 2 fully saturated rings. The highest BCUT2D eigenvalue weighted by molar-refractivity contribution is 5.71. The van der Waals surface area contributed by atoms with E-state index in [4.69, 9.17) is 9.72 Å². The molecule has 0 saturated carbocycles. The van der Waals surface area contributed by atoms with Gasteiger partial charge in [0.25, 0.3) is 0 Å². The Morgan fingerprint density at radius 2 is 2.32 bits per heavy atom. The Hall–Kier alpha value is -1.46. The molecule has 1 N–H and O–H groups in total. The minimum absolute atomic E-state index is 0.559. The van der Waals surface area contributed by atoms with E-state index in [1.54, 1.807) is 0 Å². The SMILES string of the molecule is c1cnc2c(c1)nc(CC1CCCCN1)n2CC1CCOC1. The van der Waals surface area contributed by atoms with Crippen LogP contribution in [-0.4, -0.2) is 40.3 Å². The third kappa shape index (κ3) is 2.88. The van der Waals surface area contributed by atoms with Crippen molar-refractivity contribution in [2.24, 2.45) is 5.92 Å². The van der Waals surface area contributed by atoms with Crippen LogP contribution < -0.4 is 5.32 Å². The highest BCUT2D eigenvalue weighted by Crippen LogP contribution is 2.22. The number of imidazole rings is 1. The molecule has 2 atom stereocenters. The van der Waals surface area contributed by atoms with Crippen molar-refractivity contribution in [3.05, 3.63) is 24.2 Å². The summed E-state index contributed by atoms with van der Waals surface area (Å²) in [6, 6.07) is 4.60. The normalized spacial score (nSPS) is 25.8. The molecular weight excluding hydrogens is 276 g/mol. The van der Waals surface area contributed by atoms with Gasteiger partial charge in [-0.3, -0.25) is 0 Å². The fraction of sp³-hybridized carbons (Fsp3) is 0.647. The lowest BCUT2D eigenvalue weighted by atomic mass is 10.0. The van der Waals surface area contributed by atoms with E-state index in [2.05, 4.69) is 20.9 Å². The molecule has 0 spiro atoms. The first-order chi connectivity index (χ1) is 10.9. The van der Waals surface area contributed by atoms with Gasteiger partial charge in [-0.05, 0) is 37.9 Å². The Morgan fingerprint density at radius 3 is 3.14 bits per heavy atom. The zero-order valence-electron chi connectivity index (χ0n) is 13.0. The van der Waals surface area contributed by atoms with Crippen LogP contribution in [-0.2, 0) is 17.7 Å². The van der Waals surface area contributed by atoms with Gasteiger partial charge in [-0.1, -0.05) is 6.42 Å². The molecule has 2 unspecified atom stereocenters. The number of nitrogens with zero attached hydrogens (tertiary/aromatic N) is 3. The number of fused-ring (bicyclic) bond motifs is 1. The molecule has 4 rings (SSSR count). The molecule has 5 heteroatoms. The first-order valence-corrected chi connectivity index (χ1v) is 8.51. The molecule has 2 aromatic rings. The van der Waals surface area contributed by atoms with Crippen LogP contribution in [0.4, 0.5) is 0 Å². The third-order valence-corrected chi connectivity index (χ3v) is 4.89. The Morgan fingerprint density at radius 1 is 1.32 bits per heavy atom. The minimum atomic E-state index is 0.559. The standard InChI is InChI=1S/C17H24N4O/c1-2-7-18-14(4-1)10-16-20-15-5-3-8-19-17(15)21(16)11-13-6-9-22-12-13/h3,5,8,13-14,18H,1-2,4,6-7,9-12H2. The minimum Gasteiger partial charge on any atom is -0.381 e. The maximum Gasteiger partial charge on any atom is 0.159 e. The fourth-order valence-electron chi connectivity index (χ4n) is 3.66. The molecule has 2 aliphatic rings. The lowest BCUT2D eigenvalue weighted by Crippen LogP contribution is -2.36. The predicted molar refractivity (Wildman–Crippen MR) is 85.8 cm³/mol. The predicted octanol–water partition coefficient (Wildman–Crippen LogP) is 2.15. The first kappa shape index (κ1) is 14.2. The van der Waals surface area contributed by atoms with E-state index in [0.29, 0.717) is 12.0 Å². The van der Waals surface area contributed by atoms with Crippen LogP contribution >= 0.6 is 0 Å². The summed E-state index contributed by atoms with van der Waals surface area (Å²) in [5, 5.41) is 3.63. The van der Waals surface area contributed by atoms with Crippen molar-refractivity contribution in [2.75, 3.05) is 19.8 Å². The molecule has 0 aromatic carbocycles. The third-order valence-electron chi connectivity index (χ3n) is 4.89. The van der Waals surface area contributed by atoms with Crippen LogP contribution in [0.15, 0.2) is 18.3 Å². The van der Waals surface area contributed by atoms with Gasteiger partial charge in [0, 0.05) is 37.7 Å². The van der Waals surface area contributed by atoms with Crippen LogP contribution in [0.3, 0.4) is 0 Å². The average molecular weight is 300 g/mol. The Bertz CT molecular complexity index is 627. The van der Waals surface area contributed by atoms with Crippen molar-refractivity contribution in [1.29, 1.82) is 0 Å². The summed E-state index contributed by atoms with van der Waals surface area (Å²) in [5.74, 6) is 1.78. The summed E-state index contributed by atoms with van der Waals surface area (Å²) in [5.41, 5.74) is 2.05. The fourth-order valence-corrected chi connectivity index (χ4v) is 3.66. The van der Waals surface area contributed by atoms with E-state index in [9.17, 15) is 0 Å². The number of hydrogen-bond donors (Lipinski definition) is 1. The zero-order chi connectivity index (χ0) is 14.8. The van der Waals surface area contributed by atoms with Gasteiger partial charge in [-0.15, -0.1) is 0 Å². The van der Waals surface area contributed by atoms with Gasteiger partial charge >= 0.3 is 0 Å². The number of hydrogen-bond acceptors (Lipinski definition) is 4. The molecule has 0 radical (unpaired) electrons. The van der Waals surface area contributed by atoms with Crippen LogP contribution in [0.25, 0.3) is 11.2 Å². The van der Waals surface area contributed by atoms with Crippen LogP contribution in [0.5, 0.6) is 0 Å². The summed E-state index contributed by atoms with van der Waals surface area (Å²) in [7, 11) is 0.